The van der Waals surface area contributed by atoms with Crippen molar-refractivity contribution in [2.45, 2.75) is 33.8 Å². The molecule has 92 valence electrons. The van der Waals surface area contributed by atoms with Crippen molar-refractivity contribution in [1.29, 1.82) is 0 Å². The Morgan fingerprint density at radius 3 is 2.19 bits per heavy atom. The highest BCUT2D eigenvalue weighted by Crippen LogP contribution is 2.04. The molecule has 0 amide bonds. The molecule has 0 saturated carbocycles. The molecule has 0 rings (SSSR count). The first-order chi connectivity index (χ1) is 7.34. The first-order valence-electron chi connectivity index (χ1n) is 5.30. The Morgan fingerprint density at radius 1 is 1.19 bits per heavy atom. The average molecular weight is 228 g/mol. The summed E-state index contributed by atoms with van der Waals surface area (Å²) in [4.78, 5) is 22.2. The third kappa shape index (κ3) is 6.35. The lowest BCUT2D eigenvalue weighted by Gasteiger charge is -2.15. The molecule has 0 bridgehead atoms. The number of rotatable bonds is 7. The predicted octanol–water partition coefficient (Wildman–Crippen LogP) is 1.74. The van der Waals surface area contributed by atoms with Crippen LogP contribution in [0.3, 0.4) is 0 Å². The average Bonchev–Trinajstić information content (AvgIpc) is 2.21. The third-order valence-electron chi connectivity index (χ3n) is 2.16. The Morgan fingerprint density at radius 2 is 1.75 bits per heavy atom. The van der Waals surface area contributed by atoms with E-state index in [4.69, 9.17) is 4.74 Å². The molecule has 0 aromatic rings. The van der Waals surface area contributed by atoms with Crippen molar-refractivity contribution in [2.75, 3.05) is 13.2 Å². The molecule has 0 spiro atoms. The number of hydrogen-bond donors (Lipinski definition) is 0. The molecule has 4 nitrogen and oxygen atoms in total. The highest BCUT2D eigenvalue weighted by Gasteiger charge is 2.12. The van der Waals surface area contributed by atoms with Crippen LogP contribution in [0.4, 0.5) is 0 Å². The van der Waals surface area contributed by atoms with Crippen LogP contribution in [-0.2, 0) is 19.1 Å². The van der Waals surface area contributed by atoms with Gasteiger partial charge in [-0.1, -0.05) is 20.4 Å². The summed E-state index contributed by atoms with van der Waals surface area (Å²) in [6.07, 6.45) is 0.0146. The van der Waals surface area contributed by atoms with Crippen LogP contribution in [0.5, 0.6) is 0 Å². The Kier molecular flexibility index (Phi) is 6.65. The summed E-state index contributed by atoms with van der Waals surface area (Å²) >= 11 is 0. The third-order valence-corrected chi connectivity index (χ3v) is 2.16. The molecule has 0 aromatic carbocycles. The van der Waals surface area contributed by atoms with E-state index < -0.39 is 5.97 Å². The maximum absolute atomic E-state index is 11.3. The van der Waals surface area contributed by atoms with Crippen LogP contribution in [0.2, 0.25) is 0 Å². The summed E-state index contributed by atoms with van der Waals surface area (Å²) in [7, 11) is 0. The monoisotopic (exact) mass is 228 g/mol. The highest BCUT2D eigenvalue weighted by molar-refractivity contribution is 5.90. The van der Waals surface area contributed by atoms with Crippen molar-refractivity contribution >= 4 is 11.8 Å². The lowest BCUT2D eigenvalue weighted by atomic mass is 10.1. The molecule has 0 aliphatic heterocycles. The minimum Gasteiger partial charge on any atom is -0.454 e. The van der Waals surface area contributed by atoms with Gasteiger partial charge in [0.2, 0.25) is 0 Å². The molecule has 0 aliphatic carbocycles. The second-order valence-electron chi connectivity index (χ2n) is 4.16. The summed E-state index contributed by atoms with van der Waals surface area (Å²) in [6, 6.07) is 0. The van der Waals surface area contributed by atoms with E-state index in [1.165, 1.54) is 6.92 Å². The standard InChI is InChI=1S/C12H20O4/c1-8(2)10(5)15-6-11(13)7-16-12(14)9(3)4/h8,10H,3,6-7H2,1-2,4-5H3. The molecule has 16 heavy (non-hydrogen) atoms. The fraction of sp³-hybridized carbons (Fsp3) is 0.667. The van der Waals surface area contributed by atoms with Crippen molar-refractivity contribution < 1.29 is 19.1 Å². The topological polar surface area (TPSA) is 52.6 Å². The molecular weight excluding hydrogens is 208 g/mol. The molecule has 0 N–H and O–H groups in total. The van der Waals surface area contributed by atoms with E-state index in [1.807, 2.05) is 20.8 Å². The number of hydrogen-bond acceptors (Lipinski definition) is 4. The van der Waals surface area contributed by atoms with Crippen LogP contribution in [-0.4, -0.2) is 31.1 Å². The highest BCUT2D eigenvalue weighted by atomic mass is 16.5. The fourth-order valence-electron chi connectivity index (χ4n) is 0.728. The summed E-state index contributed by atoms with van der Waals surface area (Å²) in [5.74, 6) is -0.446. The van der Waals surface area contributed by atoms with Gasteiger partial charge in [-0.15, -0.1) is 0 Å². The second kappa shape index (κ2) is 7.17. The maximum atomic E-state index is 11.3. The van der Waals surface area contributed by atoms with Gasteiger partial charge >= 0.3 is 5.97 Å². The van der Waals surface area contributed by atoms with Gasteiger partial charge in [0.15, 0.2) is 12.4 Å². The Balaban J connectivity index is 3.76. The van der Waals surface area contributed by atoms with Gasteiger partial charge in [0, 0.05) is 5.57 Å². The maximum Gasteiger partial charge on any atom is 0.333 e. The van der Waals surface area contributed by atoms with Crippen molar-refractivity contribution in [1.82, 2.24) is 0 Å². The van der Waals surface area contributed by atoms with E-state index in [0.29, 0.717) is 5.92 Å². The molecule has 4 heteroatoms. The van der Waals surface area contributed by atoms with Crippen LogP contribution in [0.15, 0.2) is 12.2 Å². The van der Waals surface area contributed by atoms with Gasteiger partial charge in [-0.3, -0.25) is 4.79 Å². The van der Waals surface area contributed by atoms with Gasteiger partial charge in [-0.05, 0) is 19.8 Å². The van der Waals surface area contributed by atoms with Gasteiger partial charge in [0.25, 0.3) is 0 Å². The quantitative estimate of drug-likeness (QED) is 0.492. The minimum absolute atomic E-state index is 0.0146. The van der Waals surface area contributed by atoms with Gasteiger partial charge < -0.3 is 9.47 Å². The zero-order valence-corrected chi connectivity index (χ0v) is 10.4. The van der Waals surface area contributed by atoms with Crippen molar-refractivity contribution in [3.63, 3.8) is 0 Å². The van der Waals surface area contributed by atoms with Gasteiger partial charge in [0.1, 0.15) is 6.61 Å². The first kappa shape index (κ1) is 14.8. The lowest BCUT2D eigenvalue weighted by Crippen LogP contribution is -2.24. The molecule has 0 radical (unpaired) electrons. The van der Waals surface area contributed by atoms with Crippen molar-refractivity contribution in [3.05, 3.63) is 12.2 Å². The van der Waals surface area contributed by atoms with Crippen LogP contribution >= 0.6 is 0 Å². The Labute approximate surface area is 96.6 Å². The van der Waals surface area contributed by atoms with E-state index >= 15 is 0 Å². The summed E-state index contributed by atoms with van der Waals surface area (Å²) < 4.78 is 9.98. The summed E-state index contributed by atoms with van der Waals surface area (Å²) in [5, 5.41) is 0. The predicted molar refractivity (Wildman–Crippen MR) is 61.0 cm³/mol. The zero-order chi connectivity index (χ0) is 12.7. The summed E-state index contributed by atoms with van der Waals surface area (Å²) in [6.45, 7) is 10.6. The number of Topliss-reactive ketones (excluding diaryl/α,β-unsaturated/α-hetero) is 1. The molecule has 1 unspecified atom stereocenters. The molecular formula is C12H20O4. The fourth-order valence-corrected chi connectivity index (χ4v) is 0.728. The number of esters is 1. The minimum atomic E-state index is -0.551. The number of ketones is 1. The smallest absolute Gasteiger partial charge is 0.333 e. The van der Waals surface area contributed by atoms with E-state index in [9.17, 15) is 9.59 Å². The van der Waals surface area contributed by atoms with E-state index in [2.05, 4.69) is 11.3 Å². The van der Waals surface area contributed by atoms with Gasteiger partial charge in [-0.2, -0.15) is 0 Å². The molecule has 0 aromatic heterocycles. The molecule has 0 aliphatic rings. The molecule has 0 saturated heterocycles. The SMILES string of the molecule is C=C(C)C(=O)OCC(=O)COC(C)C(C)C. The molecule has 0 fully saturated rings. The van der Waals surface area contributed by atoms with Crippen LogP contribution in [0, 0.1) is 5.92 Å². The first-order valence-corrected chi connectivity index (χ1v) is 5.30. The van der Waals surface area contributed by atoms with E-state index in [-0.39, 0.29) is 30.7 Å². The number of carbonyl (C=O) groups excluding carboxylic acids is 2. The van der Waals surface area contributed by atoms with E-state index in [0.717, 1.165) is 0 Å². The Hall–Kier alpha value is -1.16. The van der Waals surface area contributed by atoms with Crippen LogP contribution in [0.25, 0.3) is 0 Å². The van der Waals surface area contributed by atoms with Crippen LogP contribution < -0.4 is 0 Å². The molecule has 1 atom stereocenters. The second-order valence-corrected chi connectivity index (χ2v) is 4.16. The van der Waals surface area contributed by atoms with Gasteiger partial charge in [0.05, 0.1) is 6.10 Å². The van der Waals surface area contributed by atoms with Crippen LogP contribution in [0.1, 0.15) is 27.7 Å². The van der Waals surface area contributed by atoms with Crippen molar-refractivity contribution in [3.8, 4) is 0 Å². The Bertz CT molecular complexity index is 268. The number of carbonyl (C=O) groups is 2. The zero-order valence-electron chi connectivity index (χ0n) is 10.4. The van der Waals surface area contributed by atoms with Crippen molar-refractivity contribution in [2.24, 2.45) is 5.92 Å². The van der Waals surface area contributed by atoms with Gasteiger partial charge in [-0.25, -0.2) is 4.79 Å². The normalized spacial score (nSPS) is 12.3. The number of ether oxygens (including phenoxy) is 2. The lowest BCUT2D eigenvalue weighted by molar-refractivity contribution is -0.146. The summed E-state index contributed by atoms with van der Waals surface area (Å²) in [5.41, 5.74) is 0.282. The molecule has 0 heterocycles. The largest absolute Gasteiger partial charge is 0.454 e. The van der Waals surface area contributed by atoms with E-state index in [1.54, 1.807) is 0 Å².